The first-order valence-corrected chi connectivity index (χ1v) is 8.28. The number of fused-ring (bicyclic) bond motifs is 1. The minimum atomic E-state index is -0.403. The van der Waals surface area contributed by atoms with Gasteiger partial charge in [0.25, 0.3) is 0 Å². The maximum Gasteiger partial charge on any atom is 0.414 e. The molecule has 1 amide bonds. The number of aliphatic hydroxyl groups excluding tert-OH is 1. The van der Waals surface area contributed by atoms with Crippen molar-refractivity contribution in [2.75, 3.05) is 19.7 Å². The van der Waals surface area contributed by atoms with Gasteiger partial charge in [-0.3, -0.25) is 0 Å². The van der Waals surface area contributed by atoms with Crippen LogP contribution in [0.3, 0.4) is 0 Å². The topological polar surface area (TPSA) is 49.8 Å². The van der Waals surface area contributed by atoms with E-state index >= 15 is 0 Å². The highest BCUT2D eigenvalue weighted by atomic mass is 35.5. The number of nitrogens with zero attached hydrogens (tertiary/aromatic N) is 1. The van der Waals surface area contributed by atoms with Crippen molar-refractivity contribution < 1.29 is 14.6 Å². The number of allylic oxidation sites excluding steroid dienone is 1. The van der Waals surface area contributed by atoms with Crippen molar-refractivity contribution in [3.05, 3.63) is 46.1 Å². The van der Waals surface area contributed by atoms with E-state index in [0.717, 1.165) is 18.4 Å². The number of ether oxygens (including phenoxy) is 1. The van der Waals surface area contributed by atoms with Crippen LogP contribution in [0.4, 0.5) is 4.79 Å². The molecule has 124 valence electrons. The van der Waals surface area contributed by atoms with E-state index in [4.69, 9.17) is 27.9 Å². The highest BCUT2D eigenvalue weighted by Crippen LogP contribution is 2.68. The number of rotatable bonds is 3. The fourth-order valence-electron chi connectivity index (χ4n) is 3.84. The van der Waals surface area contributed by atoms with Crippen molar-refractivity contribution in [3.63, 3.8) is 0 Å². The van der Waals surface area contributed by atoms with Gasteiger partial charge in [0.1, 0.15) is 0 Å². The molecule has 0 aromatic heterocycles. The van der Waals surface area contributed by atoms with Crippen LogP contribution in [-0.4, -0.2) is 35.8 Å². The Kier molecular flexibility index (Phi) is 4.11. The fraction of sp³-hybridized carbons (Fsp3) is 0.471. The Morgan fingerprint density at radius 1 is 1.43 bits per heavy atom. The molecule has 3 rings (SSSR count). The fourth-order valence-corrected chi connectivity index (χ4v) is 4.14. The highest BCUT2D eigenvalue weighted by Gasteiger charge is 2.70. The molecule has 0 bridgehead atoms. The molecule has 1 N–H and O–H groups in total. The zero-order valence-electron chi connectivity index (χ0n) is 12.9. The van der Waals surface area contributed by atoms with Gasteiger partial charge in [0, 0.05) is 23.9 Å². The average molecular weight is 356 g/mol. The smallest absolute Gasteiger partial charge is 0.414 e. The van der Waals surface area contributed by atoms with Crippen LogP contribution < -0.4 is 0 Å². The zero-order valence-corrected chi connectivity index (χ0v) is 14.5. The first kappa shape index (κ1) is 16.6. The van der Waals surface area contributed by atoms with Gasteiger partial charge < -0.3 is 14.7 Å². The molecule has 2 atom stereocenters. The second kappa shape index (κ2) is 5.69. The van der Waals surface area contributed by atoms with Gasteiger partial charge in [-0.25, -0.2) is 4.79 Å². The van der Waals surface area contributed by atoms with E-state index in [0.29, 0.717) is 28.9 Å². The van der Waals surface area contributed by atoms with E-state index in [2.05, 4.69) is 6.58 Å². The van der Waals surface area contributed by atoms with Crippen molar-refractivity contribution in [2.24, 2.45) is 5.41 Å². The molecule has 1 aliphatic heterocycles. The summed E-state index contributed by atoms with van der Waals surface area (Å²) in [6.07, 6.45) is 1.18. The normalized spacial score (nSPS) is 29.0. The van der Waals surface area contributed by atoms with Gasteiger partial charge in [-0.1, -0.05) is 35.8 Å². The quantitative estimate of drug-likeness (QED) is 0.834. The predicted octanol–water partition coefficient (Wildman–Crippen LogP) is 3.99. The molecule has 1 saturated carbocycles. The lowest BCUT2D eigenvalue weighted by Gasteiger charge is -2.37. The number of amides is 1. The number of piperidine rings is 1. The van der Waals surface area contributed by atoms with Crippen molar-refractivity contribution in [2.45, 2.75) is 25.2 Å². The Morgan fingerprint density at radius 3 is 2.78 bits per heavy atom. The third-order valence-corrected chi connectivity index (χ3v) is 5.87. The molecule has 6 heteroatoms. The van der Waals surface area contributed by atoms with Crippen LogP contribution in [0.1, 0.15) is 25.3 Å². The van der Waals surface area contributed by atoms with Gasteiger partial charge in [0.05, 0.1) is 22.4 Å². The van der Waals surface area contributed by atoms with Crippen LogP contribution in [0.5, 0.6) is 0 Å². The zero-order chi connectivity index (χ0) is 16.8. The number of hydrogen-bond acceptors (Lipinski definition) is 3. The standard InChI is InChI=1S/C17H19Cl2NO3/c1-11(2)23-15(22)20-6-5-17(8-16(17,9-20)10-21)12-3-4-13(18)14(19)7-12/h3-4,7,21H,1,5-6,8-10H2,2H3. The Labute approximate surface area is 145 Å². The predicted molar refractivity (Wildman–Crippen MR) is 89.8 cm³/mol. The van der Waals surface area contributed by atoms with Gasteiger partial charge in [0.2, 0.25) is 0 Å². The van der Waals surface area contributed by atoms with E-state index in [-0.39, 0.29) is 17.4 Å². The molecular weight excluding hydrogens is 337 g/mol. The van der Waals surface area contributed by atoms with Gasteiger partial charge >= 0.3 is 6.09 Å². The van der Waals surface area contributed by atoms with Gasteiger partial charge in [-0.05, 0) is 37.5 Å². The second-order valence-corrected chi connectivity index (χ2v) is 7.38. The summed E-state index contributed by atoms with van der Waals surface area (Å²) in [6, 6.07) is 5.63. The molecule has 1 heterocycles. The lowest BCUT2D eigenvalue weighted by Crippen LogP contribution is -2.46. The number of likely N-dealkylation sites (tertiary alicyclic amines) is 1. The molecular formula is C17H19Cl2NO3. The first-order chi connectivity index (χ1) is 10.8. The van der Waals surface area contributed by atoms with Gasteiger partial charge in [0.15, 0.2) is 0 Å². The third-order valence-electron chi connectivity index (χ3n) is 5.13. The molecule has 23 heavy (non-hydrogen) atoms. The number of carbonyl (C=O) groups is 1. The number of carbonyl (C=O) groups excluding carboxylic acids is 1. The molecule has 4 nitrogen and oxygen atoms in total. The summed E-state index contributed by atoms with van der Waals surface area (Å²) in [6.45, 7) is 6.29. The summed E-state index contributed by atoms with van der Waals surface area (Å²) in [5, 5.41) is 11.0. The number of hydrogen-bond donors (Lipinski definition) is 1. The van der Waals surface area contributed by atoms with Crippen LogP contribution in [0.25, 0.3) is 0 Å². The molecule has 2 unspecified atom stereocenters. The Hall–Kier alpha value is -1.23. The molecule has 1 aromatic carbocycles. The van der Waals surface area contributed by atoms with Crippen LogP contribution in [0.15, 0.2) is 30.5 Å². The van der Waals surface area contributed by atoms with E-state index in [9.17, 15) is 9.90 Å². The van der Waals surface area contributed by atoms with Crippen molar-refractivity contribution in [1.82, 2.24) is 4.90 Å². The van der Waals surface area contributed by atoms with Crippen molar-refractivity contribution >= 4 is 29.3 Å². The Balaban J connectivity index is 1.84. The Bertz CT molecular complexity index is 678. The van der Waals surface area contributed by atoms with E-state index < -0.39 is 6.09 Å². The summed E-state index contributed by atoms with van der Waals surface area (Å²) < 4.78 is 5.09. The van der Waals surface area contributed by atoms with Gasteiger partial charge in [-0.2, -0.15) is 0 Å². The maximum atomic E-state index is 12.1. The molecule has 2 aliphatic rings. The van der Waals surface area contributed by atoms with E-state index in [1.165, 1.54) is 0 Å². The first-order valence-electron chi connectivity index (χ1n) is 7.52. The third kappa shape index (κ3) is 2.63. The maximum absolute atomic E-state index is 12.1. The Morgan fingerprint density at radius 2 is 2.17 bits per heavy atom. The van der Waals surface area contributed by atoms with Crippen LogP contribution in [0.2, 0.25) is 10.0 Å². The van der Waals surface area contributed by atoms with Crippen molar-refractivity contribution in [1.29, 1.82) is 0 Å². The largest absolute Gasteiger partial charge is 0.416 e. The summed E-state index contributed by atoms with van der Waals surface area (Å²) in [5.41, 5.74) is 0.598. The summed E-state index contributed by atoms with van der Waals surface area (Å²) in [7, 11) is 0. The highest BCUT2D eigenvalue weighted by molar-refractivity contribution is 6.42. The molecule has 0 radical (unpaired) electrons. The van der Waals surface area contributed by atoms with Crippen molar-refractivity contribution in [3.8, 4) is 0 Å². The lowest BCUT2D eigenvalue weighted by molar-refractivity contribution is 0.0764. The number of halogens is 2. The SMILES string of the molecule is C=C(C)OC(=O)N1CCC2(c3ccc(Cl)c(Cl)c3)CC2(CO)C1. The monoisotopic (exact) mass is 355 g/mol. The molecule has 2 fully saturated rings. The number of aliphatic hydroxyl groups is 1. The minimum Gasteiger partial charge on any atom is -0.416 e. The molecule has 1 saturated heterocycles. The molecule has 1 aromatic rings. The van der Waals surface area contributed by atoms with Crippen LogP contribution >= 0.6 is 23.2 Å². The summed E-state index contributed by atoms with van der Waals surface area (Å²) in [4.78, 5) is 13.7. The minimum absolute atomic E-state index is 0.0180. The summed E-state index contributed by atoms with van der Waals surface area (Å²) >= 11 is 12.2. The van der Waals surface area contributed by atoms with Crippen LogP contribution in [-0.2, 0) is 10.2 Å². The number of benzene rings is 1. The molecule has 1 aliphatic carbocycles. The summed E-state index contributed by atoms with van der Waals surface area (Å²) in [5.74, 6) is 0.366. The average Bonchev–Trinajstić information content (AvgIpc) is 3.19. The molecule has 0 spiro atoms. The van der Waals surface area contributed by atoms with Crippen LogP contribution in [0, 0.1) is 5.41 Å². The van der Waals surface area contributed by atoms with Gasteiger partial charge in [-0.15, -0.1) is 0 Å². The second-order valence-electron chi connectivity index (χ2n) is 6.57. The lowest BCUT2D eigenvalue weighted by atomic mass is 9.80. The van der Waals surface area contributed by atoms with E-state index in [1.54, 1.807) is 17.9 Å². The van der Waals surface area contributed by atoms with E-state index in [1.807, 2.05) is 12.1 Å².